The molecule has 0 bridgehead atoms. The van der Waals surface area contributed by atoms with E-state index in [-0.39, 0.29) is 17.5 Å². The fourth-order valence-electron chi connectivity index (χ4n) is 2.04. The van der Waals surface area contributed by atoms with Crippen molar-refractivity contribution >= 4 is 5.97 Å². The molecule has 2 rings (SSSR count). The predicted molar refractivity (Wildman–Crippen MR) is 67.1 cm³/mol. The number of ether oxygens (including phenoxy) is 1. The van der Waals surface area contributed by atoms with Crippen LogP contribution in [0, 0.1) is 0 Å². The van der Waals surface area contributed by atoms with Crippen molar-refractivity contribution in [2.24, 2.45) is 5.73 Å². The molecular formula is C14H19NO2. The van der Waals surface area contributed by atoms with Gasteiger partial charge < -0.3 is 10.5 Å². The maximum Gasteiger partial charge on any atom is 0.338 e. The minimum atomic E-state index is -0.243. The Hall–Kier alpha value is -1.35. The molecule has 1 aliphatic heterocycles. The number of carbonyl (C=O) groups is 1. The normalized spacial score (nSPS) is 19.8. The SMILES string of the molecule is CC(C)(C)c1ccc2c(c1)C(=O)OC(CN)C2. The number of hydrogen-bond donors (Lipinski definition) is 1. The lowest BCUT2D eigenvalue weighted by atomic mass is 9.84. The van der Waals surface area contributed by atoms with E-state index in [9.17, 15) is 4.79 Å². The van der Waals surface area contributed by atoms with Crippen LogP contribution < -0.4 is 5.73 Å². The Morgan fingerprint density at radius 3 is 2.71 bits per heavy atom. The summed E-state index contributed by atoms with van der Waals surface area (Å²) in [6, 6.07) is 6.06. The standard InChI is InChI=1S/C14H19NO2/c1-14(2,3)10-5-4-9-6-11(8-15)17-13(16)12(9)7-10/h4-5,7,11H,6,8,15H2,1-3H3. The molecule has 3 heteroatoms. The highest BCUT2D eigenvalue weighted by molar-refractivity contribution is 5.92. The Morgan fingerprint density at radius 2 is 2.12 bits per heavy atom. The first-order valence-corrected chi connectivity index (χ1v) is 5.96. The van der Waals surface area contributed by atoms with Crippen LogP contribution in [-0.4, -0.2) is 18.6 Å². The Morgan fingerprint density at radius 1 is 1.41 bits per heavy atom. The van der Waals surface area contributed by atoms with E-state index in [1.165, 1.54) is 0 Å². The summed E-state index contributed by atoms with van der Waals surface area (Å²) in [6.45, 7) is 6.77. The van der Waals surface area contributed by atoms with Gasteiger partial charge in [0.05, 0.1) is 5.56 Å². The number of nitrogens with two attached hydrogens (primary N) is 1. The molecule has 1 heterocycles. The molecule has 1 unspecified atom stereocenters. The third-order valence-corrected chi connectivity index (χ3v) is 3.18. The lowest BCUT2D eigenvalue weighted by Crippen LogP contribution is -2.33. The van der Waals surface area contributed by atoms with Crippen molar-refractivity contribution in [2.45, 2.75) is 38.7 Å². The quantitative estimate of drug-likeness (QED) is 0.755. The zero-order valence-electron chi connectivity index (χ0n) is 10.6. The lowest BCUT2D eigenvalue weighted by molar-refractivity contribution is 0.0278. The van der Waals surface area contributed by atoms with Crippen LogP contribution in [0.25, 0.3) is 0 Å². The number of fused-ring (bicyclic) bond motifs is 1. The van der Waals surface area contributed by atoms with E-state index in [4.69, 9.17) is 10.5 Å². The molecule has 0 fully saturated rings. The van der Waals surface area contributed by atoms with Crippen molar-refractivity contribution < 1.29 is 9.53 Å². The van der Waals surface area contributed by atoms with E-state index >= 15 is 0 Å². The van der Waals surface area contributed by atoms with E-state index in [1.807, 2.05) is 12.1 Å². The fourth-order valence-corrected chi connectivity index (χ4v) is 2.04. The van der Waals surface area contributed by atoms with Gasteiger partial charge in [-0.25, -0.2) is 4.79 Å². The van der Waals surface area contributed by atoms with Crippen molar-refractivity contribution in [3.8, 4) is 0 Å². The molecular weight excluding hydrogens is 214 g/mol. The topological polar surface area (TPSA) is 52.3 Å². The molecule has 0 radical (unpaired) electrons. The first-order valence-electron chi connectivity index (χ1n) is 5.96. The second-order valence-corrected chi connectivity index (χ2v) is 5.59. The van der Waals surface area contributed by atoms with Crippen molar-refractivity contribution in [1.82, 2.24) is 0 Å². The summed E-state index contributed by atoms with van der Waals surface area (Å²) >= 11 is 0. The van der Waals surface area contributed by atoms with E-state index < -0.39 is 0 Å². The summed E-state index contributed by atoms with van der Waals surface area (Å²) < 4.78 is 5.27. The Bertz CT molecular complexity index is 446. The van der Waals surface area contributed by atoms with Crippen LogP contribution in [0.2, 0.25) is 0 Å². The molecule has 1 aromatic carbocycles. The number of rotatable bonds is 1. The van der Waals surface area contributed by atoms with Crippen LogP contribution in [0.1, 0.15) is 42.3 Å². The smallest absolute Gasteiger partial charge is 0.338 e. The van der Waals surface area contributed by atoms with Crippen LogP contribution in [0.4, 0.5) is 0 Å². The van der Waals surface area contributed by atoms with E-state index in [0.29, 0.717) is 12.1 Å². The van der Waals surface area contributed by atoms with Gasteiger partial charge in [0.1, 0.15) is 6.10 Å². The molecule has 0 aliphatic carbocycles. The molecule has 1 aliphatic rings. The molecule has 3 nitrogen and oxygen atoms in total. The highest BCUT2D eigenvalue weighted by atomic mass is 16.5. The molecule has 0 amide bonds. The average molecular weight is 233 g/mol. The van der Waals surface area contributed by atoms with Crippen LogP contribution in [0.3, 0.4) is 0 Å². The van der Waals surface area contributed by atoms with Crippen molar-refractivity contribution in [3.05, 3.63) is 34.9 Å². The highest BCUT2D eigenvalue weighted by Crippen LogP contribution is 2.28. The van der Waals surface area contributed by atoms with Gasteiger partial charge in [-0.05, 0) is 22.6 Å². The van der Waals surface area contributed by atoms with Gasteiger partial charge in [-0.15, -0.1) is 0 Å². The molecule has 0 saturated carbocycles. The third kappa shape index (κ3) is 2.34. The molecule has 0 aromatic heterocycles. The lowest BCUT2D eigenvalue weighted by Gasteiger charge is -2.26. The number of carbonyl (C=O) groups excluding carboxylic acids is 1. The van der Waals surface area contributed by atoms with Crippen LogP contribution in [0.5, 0.6) is 0 Å². The zero-order chi connectivity index (χ0) is 12.6. The zero-order valence-corrected chi connectivity index (χ0v) is 10.6. The average Bonchev–Trinajstić information content (AvgIpc) is 2.27. The van der Waals surface area contributed by atoms with Gasteiger partial charge >= 0.3 is 5.97 Å². The number of hydrogen-bond acceptors (Lipinski definition) is 3. The maximum atomic E-state index is 11.9. The Kier molecular flexibility index (Phi) is 2.96. The van der Waals surface area contributed by atoms with E-state index in [0.717, 1.165) is 17.5 Å². The summed E-state index contributed by atoms with van der Waals surface area (Å²) in [5, 5.41) is 0. The third-order valence-electron chi connectivity index (χ3n) is 3.18. The van der Waals surface area contributed by atoms with Gasteiger partial charge in [0.25, 0.3) is 0 Å². The first kappa shape index (κ1) is 12.1. The minimum Gasteiger partial charge on any atom is -0.457 e. The second-order valence-electron chi connectivity index (χ2n) is 5.59. The summed E-state index contributed by atoms with van der Waals surface area (Å²) in [4.78, 5) is 11.9. The van der Waals surface area contributed by atoms with Gasteiger partial charge in [-0.3, -0.25) is 0 Å². The fraction of sp³-hybridized carbons (Fsp3) is 0.500. The number of benzene rings is 1. The molecule has 2 N–H and O–H groups in total. The van der Waals surface area contributed by atoms with Gasteiger partial charge in [0.2, 0.25) is 0 Å². The van der Waals surface area contributed by atoms with Crippen LogP contribution in [0.15, 0.2) is 18.2 Å². The summed E-state index contributed by atoms with van der Waals surface area (Å²) in [6.07, 6.45) is 0.553. The Balaban J connectivity index is 2.41. The van der Waals surface area contributed by atoms with Crippen molar-refractivity contribution in [1.29, 1.82) is 0 Å². The molecule has 1 atom stereocenters. The summed E-state index contributed by atoms with van der Waals surface area (Å²) in [7, 11) is 0. The summed E-state index contributed by atoms with van der Waals surface area (Å²) in [5.74, 6) is -0.243. The van der Waals surface area contributed by atoms with E-state index in [1.54, 1.807) is 0 Å². The van der Waals surface area contributed by atoms with Gasteiger partial charge in [-0.2, -0.15) is 0 Å². The highest BCUT2D eigenvalue weighted by Gasteiger charge is 2.27. The summed E-state index contributed by atoms with van der Waals surface area (Å²) in [5.41, 5.74) is 8.48. The minimum absolute atomic E-state index is 0.0417. The Labute approximate surface area is 102 Å². The van der Waals surface area contributed by atoms with Gasteiger partial charge in [0, 0.05) is 13.0 Å². The molecule has 17 heavy (non-hydrogen) atoms. The van der Waals surface area contributed by atoms with Crippen LogP contribution >= 0.6 is 0 Å². The van der Waals surface area contributed by atoms with Crippen molar-refractivity contribution in [3.63, 3.8) is 0 Å². The molecule has 1 aromatic rings. The molecule has 0 spiro atoms. The van der Waals surface area contributed by atoms with Gasteiger partial charge in [0.15, 0.2) is 0 Å². The largest absolute Gasteiger partial charge is 0.457 e. The predicted octanol–water partition coefficient (Wildman–Crippen LogP) is 2.02. The first-order chi connectivity index (χ1) is 7.91. The monoisotopic (exact) mass is 233 g/mol. The second kappa shape index (κ2) is 4.15. The maximum absolute atomic E-state index is 11.9. The van der Waals surface area contributed by atoms with Crippen LogP contribution in [-0.2, 0) is 16.6 Å². The van der Waals surface area contributed by atoms with E-state index in [2.05, 4.69) is 26.8 Å². The molecule has 0 saturated heterocycles. The van der Waals surface area contributed by atoms with Gasteiger partial charge in [-0.1, -0.05) is 32.9 Å². The number of esters is 1. The number of cyclic esters (lactones) is 1. The van der Waals surface area contributed by atoms with Crippen molar-refractivity contribution in [2.75, 3.05) is 6.54 Å². The molecule has 92 valence electrons.